The van der Waals surface area contributed by atoms with Crippen molar-refractivity contribution >= 4 is 17.5 Å². The van der Waals surface area contributed by atoms with Crippen LogP contribution in [0.1, 0.15) is 23.7 Å². The molecule has 1 aromatic rings. The molecule has 4 heteroatoms. The molecule has 1 aliphatic heterocycles. The fraction of sp³-hybridized carbons (Fsp3) is 0.533. The second-order valence-electron chi connectivity index (χ2n) is 5.22. The summed E-state index contributed by atoms with van der Waals surface area (Å²) in [5.74, 6) is 0.474. The first-order valence-corrected chi connectivity index (χ1v) is 7.90. The van der Waals surface area contributed by atoms with Crippen LogP contribution in [0.5, 0.6) is 0 Å². The van der Waals surface area contributed by atoms with Gasteiger partial charge in [0, 0.05) is 17.0 Å². The Morgan fingerprint density at radius 2 is 2.11 bits per heavy atom. The molecule has 104 valence electrons. The minimum atomic E-state index is -0.305. The first kappa shape index (κ1) is 14.6. The van der Waals surface area contributed by atoms with Crippen molar-refractivity contribution in [3.8, 4) is 0 Å². The fourth-order valence-electron chi connectivity index (χ4n) is 2.33. The highest BCUT2D eigenvalue weighted by Gasteiger charge is 2.25. The van der Waals surface area contributed by atoms with Gasteiger partial charge in [-0.2, -0.15) is 0 Å². The van der Waals surface area contributed by atoms with Crippen molar-refractivity contribution in [2.75, 3.05) is 25.9 Å². The molecule has 1 fully saturated rings. The zero-order chi connectivity index (χ0) is 13.8. The number of Topliss-reactive ketones (excluding diaryl/α,β-unsaturated/α-hetero) is 1. The molecule has 0 radical (unpaired) electrons. The normalized spacial score (nSPS) is 24.4. The van der Waals surface area contributed by atoms with E-state index in [1.165, 1.54) is 4.90 Å². The van der Waals surface area contributed by atoms with E-state index in [2.05, 4.69) is 11.8 Å². The zero-order valence-electron chi connectivity index (χ0n) is 11.5. The molecule has 1 N–H and O–H groups in total. The highest BCUT2D eigenvalue weighted by atomic mass is 32.2. The summed E-state index contributed by atoms with van der Waals surface area (Å²) in [5, 5.41) is 9.84. The molecule has 1 aromatic carbocycles. The Balaban J connectivity index is 1.93. The molecule has 1 heterocycles. The van der Waals surface area contributed by atoms with E-state index in [0.717, 1.165) is 18.5 Å². The van der Waals surface area contributed by atoms with Crippen LogP contribution in [0, 0.1) is 5.92 Å². The number of hydrogen-bond donors (Lipinski definition) is 1. The predicted molar refractivity (Wildman–Crippen MR) is 78.8 cm³/mol. The summed E-state index contributed by atoms with van der Waals surface area (Å²) in [6.07, 6.45) is 2.67. The quantitative estimate of drug-likeness (QED) is 0.678. The molecular formula is C15H21NO2S. The van der Waals surface area contributed by atoms with Crippen LogP contribution in [-0.2, 0) is 0 Å². The van der Waals surface area contributed by atoms with E-state index < -0.39 is 0 Å². The zero-order valence-corrected chi connectivity index (χ0v) is 12.3. The number of carbonyl (C=O) groups excluding carboxylic acids is 1. The average molecular weight is 279 g/mol. The smallest absolute Gasteiger partial charge is 0.176 e. The van der Waals surface area contributed by atoms with Crippen molar-refractivity contribution < 1.29 is 9.90 Å². The van der Waals surface area contributed by atoms with Gasteiger partial charge in [0.15, 0.2) is 5.78 Å². The number of rotatable bonds is 4. The number of carbonyl (C=O) groups is 1. The van der Waals surface area contributed by atoms with Gasteiger partial charge in [0.2, 0.25) is 0 Å². The molecule has 0 saturated carbocycles. The van der Waals surface area contributed by atoms with Gasteiger partial charge in [-0.15, -0.1) is 11.8 Å². The molecule has 0 aliphatic carbocycles. The number of nitrogens with zero attached hydrogens (tertiary/aromatic N) is 1. The van der Waals surface area contributed by atoms with Gasteiger partial charge in [-0.05, 0) is 37.3 Å². The van der Waals surface area contributed by atoms with Gasteiger partial charge in [0.1, 0.15) is 0 Å². The molecule has 2 rings (SSSR count). The summed E-state index contributed by atoms with van der Waals surface area (Å²) >= 11 is 1.67. The molecule has 1 saturated heterocycles. The maximum absolute atomic E-state index is 12.2. The van der Waals surface area contributed by atoms with Crippen LogP contribution in [-0.4, -0.2) is 47.8 Å². The monoisotopic (exact) mass is 279 g/mol. The average Bonchev–Trinajstić information content (AvgIpc) is 2.43. The Morgan fingerprint density at radius 3 is 2.68 bits per heavy atom. The minimum Gasteiger partial charge on any atom is -0.392 e. The molecule has 0 spiro atoms. The van der Waals surface area contributed by atoms with E-state index in [4.69, 9.17) is 0 Å². The number of benzene rings is 1. The van der Waals surface area contributed by atoms with Gasteiger partial charge < -0.3 is 5.11 Å². The molecule has 1 aliphatic rings. The largest absolute Gasteiger partial charge is 0.392 e. The van der Waals surface area contributed by atoms with E-state index in [1.54, 1.807) is 11.8 Å². The standard InChI is InChI=1S/C15H21NO2S/c1-11-7-8-16(9-14(11)17)10-15(18)12-3-5-13(19-2)6-4-12/h3-6,11,14,17H,7-10H2,1-2H3. The number of β-amino-alcohol motifs (C(OH)–C–C–N with tert-alkyl or cyclic N) is 1. The highest BCUT2D eigenvalue weighted by molar-refractivity contribution is 7.98. The van der Waals surface area contributed by atoms with Gasteiger partial charge in [0.05, 0.1) is 12.6 Å². The van der Waals surface area contributed by atoms with Crippen molar-refractivity contribution in [3.05, 3.63) is 29.8 Å². The third-order valence-electron chi connectivity index (χ3n) is 3.78. The third kappa shape index (κ3) is 3.81. The topological polar surface area (TPSA) is 40.5 Å². The van der Waals surface area contributed by atoms with Crippen molar-refractivity contribution in [2.24, 2.45) is 5.92 Å². The lowest BCUT2D eigenvalue weighted by atomic mass is 9.95. The second-order valence-corrected chi connectivity index (χ2v) is 6.10. The number of aliphatic hydroxyl groups excluding tert-OH is 1. The van der Waals surface area contributed by atoms with Crippen molar-refractivity contribution in [1.29, 1.82) is 0 Å². The predicted octanol–water partition coefficient (Wildman–Crippen LogP) is 2.29. The maximum Gasteiger partial charge on any atom is 0.176 e. The van der Waals surface area contributed by atoms with Gasteiger partial charge in [0.25, 0.3) is 0 Å². The SMILES string of the molecule is CSc1ccc(C(=O)CN2CCC(C)C(O)C2)cc1. The van der Waals surface area contributed by atoms with Crippen LogP contribution in [0.3, 0.4) is 0 Å². The molecule has 3 nitrogen and oxygen atoms in total. The van der Waals surface area contributed by atoms with Gasteiger partial charge >= 0.3 is 0 Å². The van der Waals surface area contributed by atoms with E-state index in [1.807, 2.05) is 30.5 Å². The van der Waals surface area contributed by atoms with E-state index in [-0.39, 0.29) is 11.9 Å². The summed E-state index contributed by atoms with van der Waals surface area (Å²) in [7, 11) is 0. The summed E-state index contributed by atoms with van der Waals surface area (Å²) in [6, 6.07) is 7.73. The summed E-state index contributed by atoms with van der Waals surface area (Å²) in [6.45, 7) is 3.97. The number of ketones is 1. The number of piperidine rings is 1. The van der Waals surface area contributed by atoms with Crippen LogP contribution in [0.15, 0.2) is 29.2 Å². The minimum absolute atomic E-state index is 0.134. The van der Waals surface area contributed by atoms with Crippen LogP contribution in [0.25, 0.3) is 0 Å². The summed E-state index contributed by atoms with van der Waals surface area (Å²) in [4.78, 5) is 15.4. The molecule has 0 amide bonds. The fourth-order valence-corrected chi connectivity index (χ4v) is 2.74. The number of thioether (sulfide) groups is 1. The lowest BCUT2D eigenvalue weighted by molar-refractivity contribution is 0.0295. The van der Waals surface area contributed by atoms with Crippen molar-refractivity contribution in [2.45, 2.75) is 24.3 Å². The van der Waals surface area contributed by atoms with E-state index >= 15 is 0 Å². The molecular weight excluding hydrogens is 258 g/mol. The number of aliphatic hydroxyl groups is 1. The molecule has 2 unspecified atom stereocenters. The molecule has 19 heavy (non-hydrogen) atoms. The second kappa shape index (κ2) is 6.55. The van der Waals surface area contributed by atoms with Crippen molar-refractivity contribution in [3.63, 3.8) is 0 Å². The highest BCUT2D eigenvalue weighted by Crippen LogP contribution is 2.18. The first-order valence-electron chi connectivity index (χ1n) is 6.68. The van der Waals surface area contributed by atoms with Gasteiger partial charge in [-0.1, -0.05) is 19.1 Å². The lowest BCUT2D eigenvalue weighted by Gasteiger charge is -2.33. The summed E-state index contributed by atoms with van der Waals surface area (Å²) in [5.41, 5.74) is 0.755. The lowest BCUT2D eigenvalue weighted by Crippen LogP contribution is -2.44. The van der Waals surface area contributed by atoms with E-state index in [0.29, 0.717) is 19.0 Å². The summed E-state index contributed by atoms with van der Waals surface area (Å²) < 4.78 is 0. The van der Waals surface area contributed by atoms with Crippen LogP contribution >= 0.6 is 11.8 Å². The van der Waals surface area contributed by atoms with Crippen LogP contribution < -0.4 is 0 Å². The first-order chi connectivity index (χ1) is 9.10. The number of hydrogen-bond acceptors (Lipinski definition) is 4. The van der Waals surface area contributed by atoms with Crippen molar-refractivity contribution in [1.82, 2.24) is 4.90 Å². The number of likely N-dealkylation sites (tertiary alicyclic amines) is 1. The Labute approximate surface area is 119 Å². The van der Waals surface area contributed by atoms with Gasteiger partial charge in [-0.3, -0.25) is 9.69 Å². The molecule has 2 atom stereocenters. The molecule has 0 bridgehead atoms. The third-order valence-corrected chi connectivity index (χ3v) is 4.53. The van der Waals surface area contributed by atoms with Crippen LogP contribution in [0.2, 0.25) is 0 Å². The Bertz CT molecular complexity index is 432. The Hall–Kier alpha value is -0.840. The van der Waals surface area contributed by atoms with Crippen LogP contribution in [0.4, 0.5) is 0 Å². The van der Waals surface area contributed by atoms with Gasteiger partial charge in [-0.25, -0.2) is 0 Å². The Morgan fingerprint density at radius 1 is 1.42 bits per heavy atom. The van der Waals surface area contributed by atoms with E-state index in [9.17, 15) is 9.90 Å². The maximum atomic E-state index is 12.2. The molecule has 0 aromatic heterocycles. The Kier molecular flexibility index (Phi) is 5.02.